The summed E-state index contributed by atoms with van der Waals surface area (Å²) in [5, 5.41) is 56.7. The molecule has 0 aromatic heterocycles. The zero-order valence-corrected chi connectivity index (χ0v) is 45.4. The maximum Gasteiger partial charge on any atom is 0.306 e. The van der Waals surface area contributed by atoms with Crippen molar-refractivity contribution >= 4 is 11.9 Å². The number of aliphatic hydroxyl groups excluding tert-OH is 5. The van der Waals surface area contributed by atoms with E-state index in [-0.39, 0.29) is 19.4 Å². The Kier molecular flexibility index (Phi) is 45.0. The van der Waals surface area contributed by atoms with Gasteiger partial charge >= 0.3 is 5.97 Å². The van der Waals surface area contributed by atoms with Crippen molar-refractivity contribution in [3.63, 3.8) is 0 Å². The number of aliphatic hydroxyl groups is 5. The Labute approximate surface area is 442 Å². The van der Waals surface area contributed by atoms with Gasteiger partial charge in [0.2, 0.25) is 5.91 Å². The van der Waals surface area contributed by atoms with Crippen LogP contribution in [-0.4, -0.2) is 99.6 Å². The molecule has 0 radical (unpaired) electrons. The molecule has 8 unspecified atom stereocenters. The Hall–Kier alpha value is -3.94. The molecule has 1 saturated heterocycles. The van der Waals surface area contributed by atoms with Crippen LogP contribution in [0.2, 0.25) is 0 Å². The molecule has 0 bridgehead atoms. The van der Waals surface area contributed by atoms with Crippen molar-refractivity contribution in [3.8, 4) is 0 Å². The molecule has 0 aromatic rings. The summed E-state index contributed by atoms with van der Waals surface area (Å²) in [5.41, 5.74) is 0. The van der Waals surface area contributed by atoms with Crippen LogP contribution in [0.25, 0.3) is 0 Å². The van der Waals surface area contributed by atoms with Crippen LogP contribution in [0.15, 0.2) is 122 Å². The molecule has 414 valence electrons. The third-order valence-electron chi connectivity index (χ3n) is 12.5. The van der Waals surface area contributed by atoms with Gasteiger partial charge in [-0.15, -0.1) is 0 Å². The number of carbonyl (C=O) groups excluding carboxylic acids is 2. The summed E-state index contributed by atoms with van der Waals surface area (Å²) in [6.07, 6.45) is 56.8. The number of amides is 1. The minimum atomic E-state index is -1.66. The monoisotopic (exact) mass is 1020 g/mol. The van der Waals surface area contributed by atoms with Gasteiger partial charge in [-0.1, -0.05) is 226 Å². The van der Waals surface area contributed by atoms with Crippen molar-refractivity contribution < 1.29 is 49.3 Å². The van der Waals surface area contributed by atoms with Crippen LogP contribution in [0, 0.1) is 0 Å². The lowest BCUT2D eigenvalue weighted by atomic mass is 9.99. The molecule has 1 heterocycles. The van der Waals surface area contributed by atoms with Crippen LogP contribution in [0.5, 0.6) is 0 Å². The van der Waals surface area contributed by atoms with Crippen molar-refractivity contribution in [1.29, 1.82) is 0 Å². The van der Waals surface area contributed by atoms with Gasteiger partial charge < -0.3 is 45.1 Å². The first-order valence-electron chi connectivity index (χ1n) is 28.4. The zero-order chi connectivity index (χ0) is 53.3. The molecule has 11 heteroatoms. The van der Waals surface area contributed by atoms with Gasteiger partial charge in [0.1, 0.15) is 24.4 Å². The van der Waals surface area contributed by atoms with Crippen LogP contribution in [0.3, 0.4) is 0 Å². The summed E-state index contributed by atoms with van der Waals surface area (Å²) in [6.45, 7) is 5.52. The first-order chi connectivity index (χ1) is 35.7. The molecule has 11 nitrogen and oxygen atoms in total. The van der Waals surface area contributed by atoms with Gasteiger partial charge in [0.25, 0.3) is 0 Å². The number of allylic oxidation sites excluding steroid dienone is 19. The predicted molar refractivity (Wildman–Crippen MR) is 301 cm³/mol. The second kappa shape index (κ2) is 49.0. The molecule has 1 rings (SSSR count). The minimum absolute atomic E-state index is 0.0161. The number of rotatable bonds is 45. The highest BCUT2D eigenvalue weighted by atomic mass is 16.7. The third-order valence-corrected chi connectivity index (χ3v) is 12.5. The number of ether oxygens (including phenoxy) is 3. The fourth-order valence-corrected chi connectivity index (χ4v) is 7.96. The molecule has 8 atom stereocenters. The van der Waals surface area contributed by atoms with E-state index in [0.29, 0.717) is 19.3 Å². The Balaban J connectivity index is 2.82. The van der Waals surface area contributed by atoms with Crippen molar-refractivity contribution in [3.05, 3.63) is 122 Å². The molecular weight excluding hydrogens is 919 g/mol. The quantitative estimate of drug-likeness (QED) is 0.0149. The van der Waals surface area contributed by atoms with Gasteiger partial charge in [0.05, 0.1) is 25.4 Å². The van der Waals surface area contributed by atoms with Crippen LogP contribution in [0.4, 0.5) is 0 Å². The molecule has 0 aliphatic carbocycles. The molecule has 0 spiro atoms. The SMILES string of the molecule is CC/C=C/C=C/C=C\C=C/C=C/CCCC(=O)OC1C(OCC(NC(=O)C(O)CCCC/C=C\C/C=C\C/C=C\C/C=C\CCCCC)C(O)/C=C/CCCCCCCCCCCCC)OC(CO)C(O)C1O. The Bertz CT molecular complexity index is 1640. The van der Waals surface area contributed by atoms with E-state index >= 15 is 0 Å². The summed E-state index contributed by atoms with van der Waals surface area (Å²) in [7, 11) is 0. The highest BCUT2D eigenvalue weighted by molar-refractivity contribution is 5.80. The first-order valence-corrected chi connectivity index (χ1v) is 28.4. The lowest BCUT2D eigenvalue weighted by Crippen LogP contribution is -2.61. The average Bonchev–Trinajstić information content (AvgIpc) is 3.39. The maximum atomic E-state index is 13.4. The normalized spacial score (nSPS) is 20.4. The van der Waals surface area contributed by atoms with Gasteiger partial charge in [-0.05, 0) is 83.5 Å². The van der Waals surface area contributed by atoms with Crippen LogP contribution < -0.4 is 5.32 Å². The second-order valence-electron chi connectivity index (χ2n) is 19.1. The van der Waals surface area contributed by atoms with E-state index in [1.807, 2.05) is 60.8 Å². The van der Waals surface area contributed by atoms with Crippen molar-refractivity contribution in [1.82, 2.24) is 5.32 Å². The highest BCUT2D eigenvalue weighted by Crippen LogP contribution is 2.26. The van der Waals surface area contributed by atoms with E-state index in [1.165, 1.54) is 70.6 Å². The zero-order valence-electron chi connectivity index (χ0n) is 45.4. The fraction of sp³-hybridized carbons (Fsp3) is 0.645. The molecule has 1 aliphatic rings. The van der Waals surface area contributed by atoms with Crippen molar-refractivity contribution in [2.45, 2.75) is 243 Å². The topological polar surface area (TPSA) is 175 Å². The molecule has 0 aromatic carbocycles. The Morgan fingerprint density at radius 2 is 1.04 bits per heavy atom. The number of nitrogens with one attached hydrogen (secondary N) is 1. The minimum Gasteiger partial charge on any atom is -0.454 e. The standard InChI is InChI=1S/C62H101NO10/c1-4-7-10-13-16-19-22-25-26-27-28-29-32-34-37-40-43-46-49-55(66)61(70)63-53(54(65)48-45-42-39-36-33-30-23-20-17-14-11-8-5-2)52-71-62-60(59(69)58(68)56(51-64)72-62)73-57(67)50-47-44-41-38-35-31-24-21-18-15-12-9-6-3/h9,12,15-16,18-19,21,24-26,28-29,31,34-35,37-38,41,45,48,53-56,58-60,62,64-66,68-69H,4-8,10-11,13-14,17,20,22-23,27,30,32-33,36,39-40,42-44,46-47,49-52H2,1-3H3,(H,63,70)/b12-9+,18-15+,19-16-,24-21-,26-25-,29-28-,35-31-,37-34-,41-38+,48-45+. The summed E-state index contributed by atoms with van der Waals surface area (Å²) >= 11 is 0. The Morgan fingerprint density at radius 3 is 1.62 bits per heavy atom. The summed E-state index contributed by atoms with van der Waals surface area (Å²) in [4.78, 5) is 26.4. The molecule has 0 saturated carbocycles. The third kappa shape index (κ3) is 37.4. The molecule has 1 fully saturated rings. The van der Waals surface area contributed by atoms with E-state index < -0.39 is 67.4 Å². The number of hydrogen-bond donors (Lipinski definition) is 6. The molecule has 6 N–H and O–H groups in total. The van der Waals surface area contributed by atoms with E-state index in [9.17, 15) is 35.1 Å². The van der Waals surface area contributed by atoms with Gasteiger partial charge in [0.15, 0.2) is 12.4 Å². The highest BCUT2D eigenvalue weighted by Gasteiger charge is 2.47. The van der Waals surface area contributed by atoms with Crippen molar-refractivity contribution in [2.75, 3.05) is 13.2 Å². The van der Waals surface area contributed by atoms with Crippen LogP contribution in [-0.2, 0) is 23.8 Å². The first kappa shape index (κ1) is 67.1. The van der Waals surface area contributed by atoms with E-state index in [4.69, 9.17) is 14.2 Å². The summed E-state index contributed by atoms with van der Waals surface area (Å²) < 4.78 is 17.5. The summed E-state index contributed by atoms with van der Waals surface area (Å²) in [6, 6.07) is -1.06. The largest absolute Gasteiger partial charge is 0.454 e. The average molecular weight is 1020 g/mol. The van der Waals surface area contributed by atoms with Gasteiger partial charge in [-0.2, -0.15) is 0 Å². The maximum absolute atomic E-state index is 13.4. The number of esters is 1. The predicted octanol–water partition coefficient (Wildman–Crippen LogP) is 12.7. The smallest absolute Gasteiger partial charge is 0.306 e. The number of carbonyl (C=O) groups is 2. The van der Waals surface area contributed by atoms with Gasteiger partial charge in [0, 0.05) is 6.42 Å². The molecular formula is C62H101NO10. The lowest BCUT2D eigenvalue weighted by molar-refractivity contribution is -0.305. The number of hydrogen-bond acceptors (Lipinski definition) is 10. The molecule has 1 aliphatic heterocycles. The van der Waals surface area contributed by atoms with Gasteiger partial charge in [-0.3, -0.25) is 9.59 Å². The fourth-order valence-electron chi connectivity index (χ4n) is 7.96. The van der Waals surface area contributed by atoms with Crippen molar-refractivity contribution in [2.24, 2.45) is 0 Å². The van der Waals surface area contributed by atoms with E-state index in [2.05, 4.69) is 80.8 Å². The second-order valence-corrected chi connectivity index (χ2v) is 19.1. The van der Waals surface area contributed by atoms with E-state index in [1.54, 1.807) is 6.08 Å². The number of unbranched alkanes of at least 4 members (excludes halogenated alkanes) is 17. The molecule has 73 heavy (non-hydrogen) atoms. The molecule has 1 amide bonds. The van der Waals surface area contributed by atoms with E-state index in [0.717, 1.165) is 70.6 Å². The van der Waals surface area contributed by atoms with Crippen LogP contribution >= 0.6 is 0 Å². The summed E-state index contributed by atoms with van der Waals surface area (Å²) in [5.74, 6) is -1.32. The van der Waals surface area contributed by atoms with Gasteiger partial charge in [-0.25, -0.2) is 0 Å². The Morgan fingerprint density at radius 1 is 0.562 bits per heavy atom. The lowest BCUT2D eigenvalue weighted by Gasteiger charge is -2.41. The van der Waals surface area contributed by atoms with Crippen LogP contribution in [0.1, 0.15) is 194 Å².